The van der Waals surface area contributed by atoms with Crippen LogP contribution < -0.4 is 0 Å². The molecule has 0 aliphatic carbocycles. The molecule has 6 aromatic carbocycles. The fourth-order valence-electron chi connectivity index (χ4n) is 6.38. The van der Waals surface area contributed by atoms with Gasteiger partial charge in [-0.2, -0.15) is 5.26 Å². The minimum absolute atomic E-state index is 0.623. The van der Waals surface area contributed by atoms with E-state index in [0.717, 1.165) is 55.3 Å². The molecule has 42 heavy (non-hydrogen) atoms. The van der Waals surface area contributed by atoms with Gasteiger partial charge in [-0.1, -0.05) is 84.9 Å². The number of hydrogen-bond donors (Lipinski definition) is 0. The summed E-state index contributed by atoms with van der Waals surface area (Å²) in [5, 5.41) is 14.3. The first-order valence-corrected chi connectivity index (χ1v) is 13.8. The predicted octanol–water partition coefficient (Wildman–Crippen LogP) is 9.97. The Kier molecular flexibility index (Phi) is 5.22. The second-order valence-electron chi connectivity index (χ2n) is 10.4. The van der Waals surface area contributed by atoms with Crippen molar-refractivity contribution in [3.8, 4) is 28.6 Å². The summed E-state index contributed by atoms with van der Waals surface area (Å²) in [7, 11) is 0. The summed E-state index contributed by atoms with van der Waals surface area (Å²) in [6.45, 7) is 7.78. The fraction of sp³-hybridized carbons (Fsp3) is 0. The Morgan fingerprint density at radius 1 is 0.571 bits per heavy atom. The molecule has 0 aliphatic rings. The van der Waals surface area contributed by atoms with Gasteiger partial charge in [0.1, 0.15) is 0 Å². The summed E-state index contributed by atoms with van der Waals surface area (Å²) in [6, 6.07) is 47.8. The van der Waals surface area contributed by atoms with Crippen LogP contribution in [0, 0.1) is 17.9 Å². The van der Waals surface area contributed by atoms with Crippen LogP contribution in [0.1, 0.15) is 5.56 Å². The van der Waals surface area contributed by atoms with Gasteiger partial charge in [-0.05, 0) is 54.1 Å². The molecule has 2 aromatic heterocycles. The van der Waals surface area contributed by atoms with Gasteiger partial charge < -0.3 is 9.13 Å². The van der Waals surface area contributed by atoms with Crippen molar-refractivity contribution in [1.29, 1.82) is 5.26 Å². The van der Waals surface area contributed by atoms with Gasteiger partial charge >= 0.3 is 0 Å². The van der Waals surface area contributed by atoms with E-state index in [9.17, 15) is 5.26 Å². The topological polar surface area (TPSA) is 38.0 Å². The summed E-state index contributed by atoms with van der Waals surface area (Å²) in [4.78, 5) is 3.82. The Morgan fingerprint density at radius 3 is 2.05 bits per heavy atom. The summed E-state index contributed by atoms with van der Waals surface area (Å²) < 4.78 is 4.48. The molecular formula is C38H22N4. The first-order chi connectivity index (χ1) is 20.8. The molecule has 0 fully saturated rings. The number of rotatable bonds is 3. The van der Waals surface area contributed by atoms with E-state index < -0.39 is 0 Å². The number of aromatic nitrogens is 2. The highest BCUT2D eigenvalue weighted by atomic mass is 15.0. The zero-order chi connectivity index (χ0) is 28.2. The summed E-state index contributed by atoms with van der Waals surface area (Å²) in [5.74, 6) is 0. The molecule has 2 heterocycles. The lowest BCUT2D eigenvalue weighted by molar-refractivity contribution is 1.18. The third-order valence-electron chi connectivity index (χ3n) is 8.15. The molecule has 0 amide bonds. The van der Waals surface area contributed by atoms with E-state index in [0.29, 0.717) is 11.3 Å². The van der Waals surface area contributed by atoms with E-state index in [2.05, 4.69) is 105 Å². The first kappa shape index (κ1) is 23.8. The van der Waals surface area contributed by atoms with Crippen molar-refractivity contribution in [3.05, 3.63) is 150 Å². The van der Waals surface area contributed by atoms with Crippen molar-refractivity contribution in [2.75, 3.05) is 0 Å². The van der Waals surface area contributed by atoms with Crippen molar-refractivity contribution in [1.82, 2.24) is 9.13 Å². The minimum atomic E-state index is 0.623. The van der Waals surface area contributed by atoms with Crippen LogP contribution in [0.5, 0.6) is 0 Å². The SMILES string of the molecule is [C-]#[N+]c1ccccc1-n1c2ccccc2c2cc(-c3cccc4c5ccccc5n(-c5cccc(C#N)c5)c34)ccc21. The number of fused-ring (bicyclic) bond motifs is 6. The molecule has 0 bridgehead atoms. The Labute approximate surface area is 242 Å². The summed E-state index contributed by atoms with van der Waals surface area (Å²) in [5.41, 5.74) is 9.65. The van der Waals surface area contributed by atoms with Gasteiger partial charge in [0.15, 0.2) is 0 Å². The smallest absolute Gasteiger partial charge is 0.210 e. The van der Waals surface area contributed by atoms with Gasteiger partial charge in [0.25, 0.3) is 0 Å². The van der Waals surface area contributed by atoms with Gasteiger partial charge in [0.05, 0.1) is 46.0 Å². The van der Waals surface area contributed by atoms with Gasteiger partial charge in [-0.25, -0.2) is 4.85 Å². The van der Waals surface area contributed by atoms with E-state index in [1.165, 1.54) is 10.8 Å². The highest BCUT2D eigenvalue weighted by Gasteiger charge is 2.19. The number of para-hydroxylation sites is 5. The number of nitrogens with zero attached hydrogens (tertiary/aromatic N) is 4. The Hall–Kier alpha value is -6.10. The normalized spacial score (nSPS) is 11.3. The van der Waals surface area contributed by atoms with Crippen LogP contribution in [-0.4, -0.2) is 9.13 Å². The second-order valence-corrected chi connectivity index (χ2v) is 10.4. The monoisotopic (exact) mass is 534 g/mol. The average molecular weight is 535 g/mol. The molecule has 4 heteroatoms. The van der Waals surface area contributed by atoms with Gasteiger partial charge in [-0.3, -0.25) is 0 Å². The molecule has 4 nitrogen and oxygen atoms in total. The van der Waals surface area contributed by atoms with Gasteiger partial charge in [0, 0.05) is 32.8 Å². The molecule has 0 atom stereocenters. The van der Waals surface area contributed by atoms with Crippen LogP contribution in [0.2, 0.25) is 0 Å². The first-order valence-electron chi connectivity index (χ1n) is 13.8. The number of nitriles is 1. The van der Waals surface area contributed by atoms with Crippen molar-refractivity contribution >= 4 is 49.3 Å². The maximum Gasteiger partial charge on any atom is 0.210 e. The lowest BCUT2D eigenvalue weighted by Gasteiger charge is -2.13. The lowest BCUT2D eigenvalue weighted by Crippen LogP contribution is -1.96. The average Bonchev–Trinajstić information content (AvgIpc) is 3.57. The van der Waals surface area contributed by atoms with E-state index >= 15 is 0 Å². The molecule has 0 N–H and O–H groups in total. The lowest BCUT2D eigenvalue weighted by atomic mass is 10.00. The maximum atomic E-state index is 9.65. The van der Waals surface area contributed by atoms with Gasteiger partial charge in [-0.15, -0.1) is 0 Å². The molecule has 8 rings (SSSR count). The second kappa shape index (κ2) is 9.24. The van der Waals surface area contributed by atoms with Crippen molar-refractivity contribution in [3.63, 3.8) is 0 Å². The van der Waals surface area contributed by atoms with E-state index in [1.807, 2.05) is 48.5 Å². The van der Waals surface area contributed by atoms with Gasteiger partial charge in [0.2, 0.25) is 5.69 Å². The molecule has 8 aromatic rings. The fourth-order valence-corrected chi connectivity index (χ4v) is 6.38. The highest BCUT2D eigenvalue weighted by Crippen LogP contribution is 2.41. The summed E-state index contributed by atoms with van der Waals surface area (Å²) >= 11 is 0. The minimum Gasteiger partial charge on any atom is -0.319 e. The van der Waals surface area contributed by atoms with E-state index in [-0.39, 0.29) is 0 Å². The third kappa shape index (κ3) is 3.40. The quantitative estimate of drug-likeness (QED) is 0.208. The third-order valence-corrected chi connectivity index (χ3v) is 8.15. The van der Waals surface area contributed by atoms with Crippen LogP contribution in [0.15, 0.2) is 133 Å². The molecule has 194 valence electrons. The molecule has 0 saturated carbocycles. The van der Waals surface area contributed by atoms with Crippen LogP contribution >= 0.6 is 0 Å². The Morgan fingerprint density at radius 2 is 1.24 bits per heavy atom. The maximum absolute atomic E-state index is 9.65. The van der Waals surface area contributed by atoms with Crippen LogP contribution in [0.25, 0.3) is 71.0 Å². The van der Waals surface area contributed by atoms with Crippen LogP contribution in [0.4, 0.5) is 5.69 Å². The standard InChI is InChI=1S/C38H22N4/c1-40-33-16-4-7-19-37(33)42-35-18-6-3-13-30(35)32-23-26(20-21-36(32)42)28-14-9-15-31-29-12-2-5-17-34(29)41(38(28)31)27-11-8-10-25(22-27)24-39/h2-23H. The predicted molar refractivity (Wildman–Crippen MR) is 172 cm³/mol. The number of hydrogen-bond acceptors (Lipinski definition) is 1. The molecule has 0 saturated heterocycles. The Balaban J connectivity index is 1.45. The van der Waals surface area contributed by atoms with Crippen LogP contribution in [-0.2, 0) is 0 Å². The largest absolute Gasteiger partial charge is 0.319 e. The van der Waals surface area contributed by atoms with Crippen LogP contribution in [0.3, 0.4) is 0 Å². The van der Waals surface area contributed by atoms with Crippen molar-refractivity contribution < 1.29 is 0 Å². The zero-order valence-electron chi connectivity index (χ0n) is 22.5. The zero-order valence-corrected chi connectivity index (χ0v) is 22.5. The van der Waals surface area contributed by atoms with Crippen molar-refractivity contribution in [2.24, 2.45) is 0 Å². The highest BCUT2D eigenvalue weighted by molar-refractivity contribution is 6.15. The molecule has 0 unspecified atom stereocenters. The molecule has 0 radical (unpaired) electrons. The van der Waals surface area contributed by atoms with E-state index in [1.54, 1.807) is 0 Å². The Bertz CT molecular complexity index is 2440. The molecule has 0 spiro atoms. The van der Waals surface area contributed by atoms with E-state index in [4.69, 9.17) is 6.57 Å². The number of benzene rings is 6. The molecule has 0 aliphatic heterocycles. The molecular weight excluding hydrogens is 512 g/mol. The van der Waals surface area contributed by atoms with Crippen molar-refractivity contribution in [2.45, 2.75) is 0 Å². The summed E-state index contributed by atoms with van der Waals surface area (Å²) in [6.07, 6.45) is 0.